The number of halogens is 2. The van der Waals surface area contributed by atoms with Gasteiger partial charge in [-0.05, 0) is 60.7 Å². The molecule has 2 aromatic carbocycles. The van der Waals surface area contributed by atoms with Crippen molar-refractivity contribution in [2.45, 2.75) is 31.3 Å². The Balaban J connectivity index is 0.00000196. The molecule has 0 saturated heterocycles. The number of ether oxygens (including phenoxy) is 1. The molecule has 0 aromatic heterocycles. The van der Waals surface area contributed by atoms with Crippen LogP contribution in [0.5, 0.6) is 0 Å². The first-order valence-corrected chi connectivity index (χ1v) is 8.99. The maximum Gasteiger partial charge on any atom is 0.121 e. The van der Waals surface area contributed by atoms with Gasteiger partial charge in [0.1, 0.15) is 18.0 Å². The first-order chi connectivity index (χ1) is 12.0. The van der Waals surface area contributed by atoms with Gasteiger partial charge < -0.3 is 15.8 Å². The molecule has 4 nitrogen and oxygen atoms in total. The molecule has 0 radical (unpaired) electrons. The van der Waals surface area contributed by atoms with E-state index in [2.05, 4.69) is 53.6 Å². The highest BCUT2D eigenvalue weighted by molar-refractivity contribution is 6.30. The highest BCUT2D eigenvalue weighted by atomic mass is 35.5. The van der Waals surface area contributed by atoms with Crippen LogP contribution in [0.4, 0.5) is 5.69 Å². The van der Waals surface area contributed by atoms with E-state index in [0.29, 0.717) is 25.1 Å². The summed E-state index contributed by atoms with van der Waals surface area (Å²) >= 11 is 6.11. The molecule has 2 atom stereocenters. The normalized spacial score (nSPS) is 24.4. The predicted molar refractivity (Wildman–Crippen MR) is 110 cm³/mol. The summed E-state index contributed by atoms with van der Waals surface area (Å²) in [7, 11) is 0. The van der Waals surface area contributed by atoms with Gasteiger partial charge in [-0.3, -0.25) is 4.99 Å². The van der Waals surface area contributed by atoms with Crippen molar-refractivity contribution in [3.8, 4) is 0 Å². The summed E-state index contributed by atoms with van der Waals surface area (Å²) in [5.41, 5.74) is 10.3. The van der Waals surface area contributed by atoms with Crippen LogP contribution in [0.2, 0.25) is 5.02 Å². The van der Waals surface area contributed by atoms with Gasteiger partial charge in [-0.1, -0.05) is 29.8 Å². The fourth-order valence-electron chi connectivity index (χ4n) is 3.76. The first kappa shape index (κ1) is 19.0. The number of nitrogens with two attached hydrogens (primary N) is 1. The van der Waals surface area contributed by atoms with Crippen LogP contribution in [-0.2, 0) is 16.7 Å². The van der Waals surface area contributed by atoms with Gasteiger partial charge in [0.05, 0.1) is 12.6 Å². The molecule has 2 unspecified atom stereocenters. The van der Waals surface area contributed by atoms with Crippen molar-refractivity contribution in [1.82, 2.24) is 0 Å². The number of aryl methyl sites for hydroxylation is 1. The second kappa shape index (κ2) is 7.47. The van der Waals surface area contributed by atoms with Crippen molar-refractivity contribution in [2.24, 2.45) is 10.7 Å². The summed E-state index contributed by atoms with van der Waals surface area (Å²) < 4.78 is 5.59. The van der Waals surface area contributed by atoms with E-state index in [0.717, 1.165) is 29.1 Å². The molecular weight excluding hydrogens is 369 g/mol. The Morgan fingerprint density at radius 2 is 2.12 bits per heavy atom. The van der Waals surface area contributed by atoms with Crippen LogP contribution in [0.1, 0.15) is 36.1 Å². The molecule has 1 heterocycles. The van der Waals surface area contributed by atoms with E-state index in [1.807, 2.05) is 6.07 Å². The van der Waals surface area contributed by atoms with Gasteiger partial charge in [0.25, 0.3) is 0 Å². The van der Waals surface area contributed by atoms with Crippen molar-refractivity contribution < 1.29 is 4.74 Å². The fraction of sp³-hybridized carbons (Fsp3) is 0.350. The molecular formula is C20H23Cl2N3O. The van der Waals surface area contributed by atoms with Gasteiger partial charge >= 0.3 is 0 Å². The SMILES string of the molecule is CC1(c2cccc(NC3CCc4cc(Cl)ccc43)c2)COCC(N)=N1.Cl. The zero-order chi connectivity index (χ0) is 17.4. The predicted octanol–water partition coefficient (Wildman–Crippen LogP) is 4.46. The van der Waals surface area contributed by atoms with Crippen LogP contribution in [-0.4, -0.2) is 19.0 Å². The Labute approximate surface area is 165 Å². The molecule has 1 aliphatic heterocycles. The number of rotatable bonds is 3. The number of hydrogen-bond donors (Lipinski definition) is 2. The number of fused-ring (bicyclic) bond motifs is 1. The largest absolute Gasteiger partial charge is 0.386 e. The van der Waals surface area contributed by atoms with Gasteiger partial charge in [0.2, 0.25) is 0 Å². The maximum absolute atomic E-state index is 6.11. The molecule has 0 bridgehead atoms. The van der Waals surface area contributed by atoms with E-state index < -0.39 is 5.54 Å². The minimum absolute atomic E-state index is 0. The second-order valence-corrected chi connectivity index (χ2v) is 7.47. The Bertz CT molecular complexity index is 840. The highest BCUT2D eigenvalue weighted by Crippen LogP contribution is 2.36. The summed E-state index contributed by atoms with van der Waals surface area (Å²) in [4.78, 5) is 4.63. The monoisotopic (exact) mass is 391 g/mol. The smallest absolute Gasteiger partial charge is 0.121 e. The van der Waals surface area contributed by atoms with Crippen LogP contribution in [0, 0.1) is 0 Å². The van der Waals surface area contributed by atoms with Gasteiger partial charge in [-0.2, -0.15) is 0 Å². The van der Waals surface area contributed by atoms with Gasteiger partial charge in [-0.25, -0.2) is 0 Å². The van der Waals surface area contributed by atoms with Crippen molar-refractivity contribution in [3.63, 3.8) is 0 Å². The number of anilines is 1. The Morgan fingerprint density at radius 1 is 1.27 bits per heavy atom. The molecule has 2 aromatic rings. The topological polar surface area (TPSA) is 59.6 Å². The molecule has 0 spiro atoms. The van der Waals surface area contributed by atoms with Crippen molar-refractivity contribution in [2.75, 3.05) is 18.5 Å². The number of aliphatic imine (C=N–C) groups is 1. The van der Waals surface area contributed by atoms with Crippen LogP contribution in [0.25, 0.3) is 0 Å². The number of nitrogens with one attached hydrogen (secondary N) is 1. The molecule has 0 amide bonds. The lowest BCUT2D eigenvalue weighted by molar-refractivity contribution is 0.106. The van der Waals surface area contributed by atoms with Crippen LogP contribution < -0.4 is 11.1 Å². The number of hydrogen-bond acceptors (Lipinski definition) is 4. The standard InChI is InChI=1S/C20H22ClN3O.ClH/c1-20(12-25-11-19(22)24-20)14-3-2-4-16(10-14)23-18-8-5-13-9-15(21)6-7-17(13)18;/h2-4,6-7,9-10,18,23H,5,8,11-12H2,1H3,(H2,22,24);1H. The number of amidine groups is 1. The zero-order valence-corrected chi connectivity index (χ0v) is 16.2. The molecule has 0 fully saturated rings. The third-order valence-corrected chi connectivity index (χ3v) is 5.27. The maximum atomic E-state index is 6.11. The molecule has 1 aliphatic carbocycles. The zero-order valence-electron chi connectivity index (χ0n) is 14.7. The van der Waals surface area contributed by atoms with Crippen molar-refractivity contribution >= 4 is 35.5 Å². The van der Waals surface area contributed by atoms with Crippen molar-refractivity contribution in [1.29, 1.82) is 0 Å². The Morgan fingerprint density at radius 3 is 2.92 bits per heavy atom. The Hall–Kier alpha value is -1.75. The van der Waals surface area contributed by atoms with Crippen molar-refractivity contribution in [3.05, 3.63) is 64.2 Å². The minimum Gasteiger partial charge on any atom is -0.386 e. The lowest BCUT2D eigenvalue weighted by Crippen LogP contribution is -2.37. The highest BCUT2D eigenvalue weighted by Gasteiger charge is 2.30. The summed E-state index contributed by atoms with van der Waals surface area (Å²) in [6, 6.07) is 14.9. The molecule has 6 heteroatoms. The summed E-state index contributed by atoms with van der Waals surface area (Å²) in [5.74, 6) is 0.550. The Kier molecular flexibility index (Phi) is 5.47. The molecule has 0 saturated carbocycles. The average molecular weight is 392 g/mol. The van der Waals surface area contributed by atoms with E-state index in [1.165, 1.54) is 11.1 Å². The van der Waals surface area contributed by atoms with Gasteiger partial charge in [0, 0.05) is 10.7 Å². The van der Waals surface area contributed by atoms with Gasteiger partial charge in [-0.15, -0.1) is 12.4 Å². The van der Waals surface area contributed by atoms with Crippen LogP contribution in [0.15, 0.2) is 47.5 Å². The molecule has 26 heavy (non-hydrogen) atoms. The van der Waals surface area contributed by atoms with Crippen LogP contribution in [0.3, 0.4) is 0 Å². The van der Waals surface area contributed by atoms with Crippen LogP contribution >= 0.6 is 24.0 Å². The number of nitrogens with zero attached hydrogens (tertiary/aromatic N) is 1. The van der Waals surface area contributed by atoms with E-state index in [1.54, 1.807) is 0 Å². The fourth-order valence-corrected chi connectivity index (χ4v) is 3.96. The van der Waals surface area contributed by atoms with E-state index in [-0.39, 0.29) is 12.4 Å². The lowest BCUT2D eigenvalue weighted by atomic mass is 9.92. The summed E-state index contributed by atoms with van der Waals surface area (Å²) in [6.45, 7) is 3.02. The van der Waals surface area contributed by atoms with Gasteiger partial charge in [0.15, 0.2) is 0 Å². The quantitative estimate of drug-likeness (QED) is 0.811. The third kappa shape index (κ3) is 3.68. The van der Waals surface area contributed by atoms with E-state index >= 15 is 0 Å². The first-order valence-electron chi connectivity index (χ1n) is 8.61. The molecule has 138 valence electrons. The molecule has 4 rings (SSSR count). The summed E-state index contributed by atoms with van der Waals surface area (Å²) in [6.07, 6.45) is 2.13. The summed E-state index contributed by atoms with van der Waals surface area (Å²) in [5, 5.41) is 4.47. The minimum atomic E-state index is -0.429. The van der Waals surface area contributed by atoms with E-state index in [4.69, 9.17) is 22.1 Å². The second-order valence-electron chi connectivity index (χ2n) is 7.03. The van der Waals surface area contributed by atoms with E-state index in [9.17, 15) is 0 Å². The molecule has 2 aliphatic rings. The lowest BCUT2D eigenvalue weighted by Gasteiger charge is -2.30. The average Bonchev–Trinajstić information content (AvgIpc) is 2.97. The molecule has 3 N–H and O–H groups in total. The third-order valence-electron chi connectivity index (χ3n) is 5.03. The number of benzene rings is 2.